The molecule has 0 bridgehead atoms. The Morgan fingerprint density at radius 1 is 1.21 bits per heavy atom. The van der Waals surface area contributed by atoms with E-state index in [0.29, 0.717) is 5.56 Å². The summed E-state index contributed by atoms with van der Waals surface area (Å²) < 4.78 is 16.3. The topological polar surface area (TPSA) is 82.1 Å². The number of benzene rings is 1. The van der Waals surface area contributed by atoms with Gasteiger partial charge in [0.15, 0.2) is 15.1 Å². The molecule has 1 rings (SSSR count). The smallest absolute Gasteiger partial charge is 0.377 e. The molecule has 0 aromatic heterocycles. The number of ketones is 1. The van der Waals surface area contributed by atoms with E-state index >= 15 is 0 Å². The zero-order valence-corrected chi connectivity index (χ0v) is 16.1. The zero-order valence-electron chi connectivity index (χ0n) is 15.1. The van der Waals surface area contributed by atoms with Crippen LogP contribution < -0.4 is 4.74 Å². The Morgan fingerprint density at radius 2 is 1.83 bits per heavy atom. The molecule has 0 aliphatic rings. The average Bonchev–Trinajstić information content (AvgIpc) is 2.48. The van der Waals surface area contributed by atoms with Crippen LogP contribution in [0.5, 0.6) is 5.75 Å². The minimum atomic E-state index is -2.04. The molecule has 0 radical (unpaired) electrons. The van der Waals surface area contributed by atoms with Crippen LogP contribution in [-0.4, -0.2) is 39.1 Å². The van der Waals surface area contributed by atoms with Gasteiger partial charge in [0.2, 0.25) is 0 Å². The minimum Gasteiger partial charge on any atom is -0.475 e. The van der Waals surface area contributed by atoms with Crippen molar-refractivity contribution in [2.45, 2.75) is 45.5 Å². The van der Waals surface area contributed by atoms with Gasteiger partial charge in [-0.3, -0.25) is 4.79 Å². The van der Waals surface area contributed by atoms with Crippen molar-refractivity contribution < 1.29 is 28.6 Å². The molecule has 6 nitrogen and oxygen atoms in total. The summed E-state index contributed by atoms with van der Waals surface area (Å²) in [6.07, 6.45) is 0. The van der Waals surface area contributed by atoms with Crippen molar-refractivity contribution in [3.63, 3.8) is 0 Å². The summed E-state index contributed by atoms with van der Waals surface area (Å²) in [5.41, 5.74) is 0.515. The number of ether oxygens (including phenoxy) is 2. The maximum atomic E-state index is 12.1. The lowest BCUT2D eigenvalue weighted by molar-refractivity contribution is -0.131. The van der Waals surface area contributed by atoms with Crippen molar-refractivity contribution in [2.75, 3.05) is 13.9 Å². The molecule has 0 saturated carbocycles. The van der Waals surface area contributed by atoms with Gasteiger partial charge in [-0.1, -0.05) is 32.9 Å². The van der Waals surface area contributed by atoms with E-state index in [2.05, 4.69) is 33.9 Å². The lowest BCUT2D eigenvalue weighted by atomic mass is 10.0. The molecular formula is C17H26O6Si. The molecule has 0 fully saturated rings. The largest absolute Gasteiger partial charge is 0.475 e. The number of carboxylic acid groups (broad SMARTS) is 1. The second kappa shape index (κ2) is 7.91. The number of hydrogen-bond donors (Lipinski definition) is 1. The van der Waals surface area contributed by atoms with E-state index in [9.17, 15) is 9.59 Å². The van der Waals surface area contributed by atoms with Crippen LogP contribution in [0.2, 0.25) is 18.1 Å². The fourth-order valence-electron chi connectivity index (χ4n) is 1.78. The van der Waals surface area contributed by atoms with Crippen LogP contribution >= 0.6 is 0 Å². The number of hydrogen-bond acceptors (Lipinski definition) is 5. The third-order valence-electron chi connectivity index (χ3n) is 4.26. The van der Waals surface area contributed by atoms with Gasteiger partial charge in [-0.15, -0.1) is 0 Å². The second-order valence-corrected chi connectivity index (χ2v) is 11.8. The van der Waals surface area contributed by atoms with Crippen molar-refractivity contribution in [3.8, 4) is 5.75 Å². The molecular weight excluding hydrogens is 328 g/mol. The normalized spacial score (nSPS) is 12.1. The van der Waals surface area contributed by atoms with Gasteiger partial charge in [-0.05, 0) is 29.8 Å². The quantitative estimate of drug-likeness (QED) is 0.333. The van der Waals surface area contributed by atoms with Crippen molar-refractivity contribution in [1.82, 2.24) is 0 Å². The number of rotatable bonds is 8. The maximum Gasteiger partial charge on any atom is 0.377 e. The fraction of sp³-hybridized carbons (Fsp3) is 0.529. The monoisotopic (exact) mass is 354 g/mol. The summed E-state index contributed by atoms with van der Waals surface area (Å²) >= 11 is 0. The van der Waals surface area contributed by atoms with E-state index in [0.717, 1.165) is 0 Å². The Hall–Kier alpha value is -1.70. The molecule has 1 aromatic rings. The average molecular weight is 354 g/mol. The molecule has 1 aromatic carbocycles. The number of carboxylic acids is 1. The molecule has 0 unspecified atom stereocenters. The fourth-order valence-corrected chi connectivity index (χ4v) is 2.73. The van der Waals surface area contributed by atoms with Gasteiger partial charge in [0.25, 0.3) is 5.78 Å². The van der Waals surface area contributed by atoms with Crippen molar-refractivity contribution in [1.29, 1.82) is 0 Å². The molecule has 0 aliphatic heterocycles. The molecule has 1 N–H and O–H groups in total. The zero-order chi connectivity index (χ0) is 18.5. The summed E-state index contributed by atoms with van der Waals surface area (Å²) in [5, 5.41) is 9.11. The van der Waals surface area contributed by atoms with Crippen molar-refractivity contribution in [2.24, 2.45) is 0 Å². The molecule has 7 heteroatoms. The van der Waals surface area contributed by atoms with E-state index in [1.807, 2.05) is 0 Å². The molecule has 0 aliphatic carbocycles. The first-order valence-corrected chi connectivity index (χ1v) is 10.6. The van der Waals surface area contributed by atoms with Crippen LogP contribution in [0.25, 0.3) is 0 Å². The highest BCUT2D eigenvalue weighted by Gasteiger charge is 2.37. The Labute approximate surface area is 143 Å². The van der Waals surface area contributed by atoms with Gasteiger partial charge in [-0.2, -0.15) is 0 Å². The number of carbonyl (C=O) groups is 2. The van der Waals surface area contributed by atoms with Gasteiger partial charge in [0.1, 0.15) is 5.75 Å². The van der Waals surface area contributed by atoms with Gasteiger partial charge >= 0.3 is 5.97 Å². The summed E-state index contributed by atoms with van der Waals surface area (Å²) in [6.45, 7) is 10.6. The second-order valence-electron chi connectivity index (χ2n) is 7.02. The van der Waals surface area contributed by atoms with Gasteiger partial charge in [0.05, 0.1) is 12.2 Å². The van der Waals surface area contributed by atoms with Crippen LogP contribution in [0.15, 0.2) is 18.2 Å². The van der Waals surface area contributed by atoms with Crippen LogP contribution in [0, 0.1) is 0 Å². The third-order valence-corrected chi connectivity index (χ3v) is 8.74. The molecule has 134 valence electrons. The van der Waals surface area contributed by atoms with Crippen molar-refractivity contribution >= 4 is 20.1 Å². The van der Waals surface area contributed by atoms with Gasteiger partial charge < -0.3 is 19.0 Å². The lowest BCUT2D eigenvalue weighted by Crippen LogP contribution is -2.40. The molecule has 0 atom stereocenters. The molecule has 0 amide bonds. The molecule has 0 spiro atoms. The van der Waals surface area contributed by atoms with E-state index in [4.69, 9.17) is 19.0 Å². The van der Waals surface area contributed by atoms with Gasteiger partial charge in [-0.25, -0.2) is 4.79 Å². The Balaban J connectivity index is 3.18. The first-order valence-electron chi connectivity index (χ1n) is 7.66. The highest BCUT2D eigenvalue weighted by molar-refractivity contribution is 6.74. The lowest BCUT2D eigenvalue weighted by Gasteiger charge is -2.36. The predicted molar refractivity (Wildman–Crippen MR) is 92.9 cm³/mol. The Kier molecular flexibility index (Phi) is 6.71. The summed E-state index contributed by atoms with van der Waals surface area (Å²) in [4.78, 5) is 23.3. The van der Waals surface area contributed by atoms with Crippen LogP contribution in [0.4, 0.5) is 0 Å². The van der Waals surface area contributed by atoms with Crippen LogP contribution in [0.3, 0.4) is 0 Å². The SMILES string of the molecule is COCOc1cccc(CO[Si](C)(C)C(C)(C)C)c1C(=O)C(=O)O. The number of carbonyl (C=O) groups excluding carboxylic acids is 1. The number of methoxy groups -OCH3 is 1. The van der Waals surface area contributed by atoms with Crippen LogP contribution in [0.1, 0.15) is 36.7 Å². The van der Waals surface area contributed by atoms with E-state index < -0.39 is 20.1 Å². The van der Waals surface area contributed by atoms with Crippen molar-refractivity contribution in [3.05, 3.63) is 29.3 Å². The number of Topliss-reactive ketones (excluding diaryl/α,β-unsaturated/α-hetero) is 1. The standard InChI is InChI=1S/C17H26O6Si/c1-17(2,3)24(5,6)23-10-12-8-7-9-13(22-11-21-4)14(12)15(18)16(19)20/h7-9H,10-11H2,1-6H3,(H,19,20). The summed E-state index contributed by atoms with van der Waals surface area (Å²) in [6, 6.07) is 4.93. The summed E-state index contributed by atoms with van der Waals surface area (Å²) in [5.74, 6) is -2.37. The Morgan fingerprint density at radius 3 is 2.33 bits per heavy atom. The highest BCUT2D eigenvalue weighted by atomic mass is 28.4. The molecule has 0 saturated heterocycles. The summed E-state index contributed by atoms with van der Waals surface area (Å²) in [7, 11) is -0.592. The highest BCUT2D eigenvalue weighted by Crippen LogP contribution is 2.37. The first kappa shape index (κ1) is 20.3. The minimum absolute atomic E-state index is 0.00807. The van der Waals surface area contributed by atoms with E-state index in [-0.39, 0.29) is 29.8 Å². The maximum absolute atomic E-state index is 12.1. The Bertz CT molecular complexity index is 604. The van der Waals surface area contributed by atoms with Crippen LogP contribution in [-0.2, 0) is 20.6 Å². The van der Waals surface area contributed by atoms with E-state index in [1.54, 1.807) is 18.2 Å². The first-order chi connectivity index (χ1) is 11.0. The molecule has 24 heavy (non-hydrogen) atoms. The molecule has 0 heterocycles. The number of aliphatic carboxylic acids is 1. The third kappa shape index (κ3) is 4.89. The predicted octanol–water partition coefficient (Wildman–Crippen LogP) is 3.46. The van der Waals surface area contributed by atoms with Gasteiger partial charge in [0, 0.05) is 7.11 Å². The van der Waals surface area contributed by atoms with E-state index in [1.165, 1.54) is 7.11 Å².